The zero-order valence-corrected chi connectivity index (χ0v) is 10.5. The summed E-state index contributed by atoms with van der Waals surface area (Å²) in [5.41, 5.74) is 0. The Morgan fingerprint density at radius 2 is 2.06 bits per heavy atom. The van der Waals surface area contributed by atoms with E-state index in [2.05, 4.69) is 12.2 Å². The highest BCUT2D eigenvalue weighted by molar-refractivity contribution is 5.94. The Morgan fingerprint density at radius 3 is 2.62 bits per heavy atom. The van der Waals surface area contributed by atoms with Crippen LogP contribution in [0.4, 0.5) is 0 Å². The van der Waals surface area contributed by atoms with Gasteiger partial charge in [-0.1, -0.05) is 33.6 Å². The fourth-order valence-corrected chi connectivity index (χ4v) is 2.12. The van der Waals surface area contributed by atoms with Crippen molar-refractivity contribution in [2.75, 3.05) is 13.1 Å². The highest BCUT2D eigenvalue weighted by atomic mass is 16.2. The van der Waals surface area contributed by atoms with Crippen molar-refractivity contribution in [1.29, 1.82) is 0 Å². The van der Waals surface area contributed by atoms with Crippen LogP contribution < -0.4 is 5.32 Å². The van der Waals surface area contributed by atoms with Gasteiger partial charge in [0.05, 0.1) is 6.54 Å². The summed E-state index contributed by atoms with van der Waals surface area (Å²) in [6.07, 6.45) is 3.22. The van der Waals surface area contributed by atoms with Crippen LogP contribution in [0.2, 0.25) is 0 Å². The van der Waals surface area contributed by atoms with Crippen LogP contribution in [0.1, 0.15) is 40.0 Å². The van der Waals surface area contributed by atoms with Crippen LogP contribution in [-0.2, 0) is 9.59 Å². The molecule has 0 radical (unpaired) electrons. The quantitative estimate of drug-likeness (QED) is 0.715. The summed E-state index contributed by atoms with van der Waals surface area (Å²) in [7, 11) is 0. The minimum absolute atomic E-state index is 0.00824. The topological polar surface area (TPSA) is 49.4 Å². The molecule has 0 bridgehead atoms. The summed E-state index contributed by atoms with van der Waals surface area (Å²) in [6.45, 7) is 6.97. The van der Waals surface area contributed by atoms with Crippen molar-refractivity contribution in [2.45, 2.75) is 46.1 Å². The highest BCUT2D eigenvalue weighted by Gasteiger charge is 2.35. The van der Waals surface area contributed by atoms with Gasteiger partial charge in [0.25, 0.3) is 0 Å². The average Bonchev–Trinajstić information content (AvgIpc) is 2.23. The molecule has 2 amide bonds. The normalized spacial score (nSPS) is 21.5. The number of piperazine rings is 1. The fourth-order valence-electron chi connectivity index (χ4n) is 2.12. The number of nitrogens with zero attached hydrogens (tertiary/aromatic N) is 1. The summed E-state index contributed by atoms with van der Waals surface area (Å²) in [4.78, 5) is 25.2. The molecule has 0 spiro atoms. The van der Waals surface area contributed by atoms with E-state index in [1.807, 2.05) is 13.8 Å². The molecule has 0 aliphatic carbocycles. The van der Waals surface area contributed by atoms with Crippen molar-refractivity contribution in [3.63, 3.8) is 0 Å². The van der Waals surface area contributed by atoms with E-state index in [9.17, 15) is 9.59 Å². The molecule has 1 aliphatic rings. The summed E-state index contributed by atoms with van der Waals surface area (Å²) >= 11 is 0. The number of amides is 2. The van der Waals surface area contributed by atoms with Gasteiger partial charge in [-0.2, -0.15) is 0 Å². The lowest BCUT2D eigenvalue weighted by molar-refractivity contribution is -0.147. The monoisotopic (exact) mass is 226 g/mol. The van der Waals surface area contributed by atoms with E-state index in [1.165, 1.54) is 0 Å². The molecule has 1 unspecified atom stereocenters. The second-order valence-electron chi connectivity index (χ2n) is 4.70. The molecule has 1 atom stereocenters. The van der Waals surface area contributed by atoms with Gasteiger partial charge >= 0.3 is 0 Å². The zero-order chi connectivity index (χ0) is 12.1. The SMILES string of the molecule is CCCCCN1C(=O)CNC(=O)C1C(C)C. The first kappa shape index (κ1) is 13.0. The van der Waals surface area contributed by atoms with Crippen molar-refractivity contribution >= 4 is 11.8 Å². The van der Waals surface area contributed by atoms with Gasteiger partial charge in [0, 0.05) is 6.54 Å². The van der Waals surface area contributed by atoms with Gasteiger partial charge in [0.2, 0.25) is 11.8 Å². The number of hydrogen-bond donors (Lipinski definition) is 1. The second kappa shape index (κ2) is 5.87. The van der Waals surface area contributed by atoms with E-state index >= 15 is 0 Å². The van der Waals surface area contributed by atoms with Crippen LogP contribution in [0.5, 0.6) is 0 Å². The summed E-state index contributed by atoms with van der Waals surface area (Å²) in [5.74, 6) is 0.214. The molecular weight excluding hydrogens is 204 g/mol. The third-order valence-corrected chi connectivity index (χ3v) is 2.97. The summed E-state index contributed by atoms with van der Waals surface area (Å²) in [6, 6.07) is -0.280. The molecule has 0 aromatic rings. The molecule has 1 rings (SSSR count). The number of carbonyl (C=O) groups is 2. The van der Waals surface area contributed by atoms with Crippen LogP contribution in [0.15, 0.2) is 0 Å². The molecule has 92 valence electrons. The van der Waals surface area contributed by atoms with E-state index in [0.717, 1.165) is 19.3 Å². The number of nitrogens with one attached hydrogen (secondary N) is 1. The highest BCUT2D eigenvalue weighted by Crippen LogP contribution is 2.15. The first-order chi connectivity index (χ1) is 7.57. The second-order valence-corrected chi connectivity index (χ2v) is 4.70. The minimum atomic E-state index is -0.280. The Bertz CT molecular complexity index is 264. The van der Waals surface area contributed by atoms with Crippen LogP contribution in [0.25, 0.3) is 0 Å². The van der Waals surface area contributed by atoms with Gasteiger partial charge < -0.3 is 10.2 Å². The van der Waals surface area contributed by atoms with E-state index in [-0.39, 0.29) is 30.3 Å². The maximum atomic E-state index is 11.8. The number of carbonyl (C=O) groups excluding carboxylic acids is 2. The molecule has 1 N–H and O–H groups in total. The molecule has 16 heavy (non-hydrogen) atoms. The standard InChI is InChI=1S/C12H22N2O2/c1-4-5-6-7-14-10(15)8-13-12(16)11(14)9(2)3/h9,11H,4-8H2,1-3H3,(H,13,16). The Labute approximate surface area is 97.4 Å². The Hall–Kier alpha value is -1.06. The van der Waals surface area contributed by atoms with Gasteiger partial charge in [-0.05, 0) is 12.3 Å². The van der Waals surface area contributed by atoms with E-state index in [4.69, 9.17) is 0 Å². The lowest BCUT2D eigenvalue weighted by Gasteiger charge is -2.37. The largest absolute Gasteiger partial charge is 0.345 e. The summed E-state index contributed by atoms with van der Waals surface area (Å²) < 4.78 is 0. The molecule has 4 nitrogen and oxygen atoms in total. The Balaban J connectivity index is 2.65. The van der Waals surface area contributed by atoms with E-state index in [1.54, 1.807) is 4.90 Å². The lowest BCUT2D eigenvalue weighted by atomic mass is 9.99. The molecule has 1 heterocycles. The maximum absolute atomic E-state index is 11.8. The van der Waals surface area contributed by atoms with Gasteiger partial charge in [0.15, 0.2) is 0 Å². The van der Waals surface area contributed by atoms with Gasteiger partial charge in [-0.25, -0.2) is 0 Å². The molecule has 1 saturated heterocycles. The van der Waals surface area contributed by atoms with Crippen molar-refractivity contribution in [3.05, 3.63) is 0 Å². The van der Waals surface area contributed by atoms with Crippen molar-refractivity contribution in [3.8, 4) is 0 Å². The smallest absolute Gasteiger partial charge is 0.243 e. The minimum Gasteiger partial charge on any atom is -0.345 e. The van der Waals surface area contributed by atoms with Crippen LogP contribution in [0.3, 0.4) is 0 Å². The average molecular weight is 226 g/mol. The van der Waals surface area contributed by atoms with E-state index in [0.29, 0.717) is 6.54 Å². The van der Waals surface area contributed by atoms with E-state index < -0.39 is 0 Å². The number of rotatable bonds is 5. The van der Waals surface area contributed by atoms with Gasteiger partial charge in [-0.3, -0.25) is 9.59 Å². The molecular formula is C12H22N2O2. The van der Waals surface area contributed by atoms with Crippen molar-refractivity contribution in [2.24, 2.45) is 5.92 Å². The van der Waals surface area contributed by atoms with Crippen LogP contribution in [-0.4, -0.2) is 35.8 Å². The molecule has 4 heteroatoms. The molecule has 0 aromatic carbocycles. The maximum Gasteiger partial charge on any atom is 0.243 e. The molecule has 0 saturated carbocycles. The van der Waals surface area contributed by atoms with Crippen molar-refractivity contribution < 1.29 is 9.59 Å². The molecule has 1 aliphatic heterocycles. The molecule has 1 fully saturated rings. The predicted molar refractivity (Wildman–Crippen MR) is 62.9 cm³/mol. The Kier molecular flexibility index (Phi) is 4.77. The lowest BCUT2D eigenvalue weighted by Crippen LogP contribution is -2.60. The summed E-state index contributed by atoms with van der Waals surface area (Å²) in [5, 5.41) is 2.65. The van der Waals surface area contributed by atoms with Crippen molar-refractivity contribution in [1.82, 2.24) is 10.2 Å². The first-order valence-corrected chi connectivity index (χ1v) is 6.15. The van der Waals surface area contributed by atoms with Crippen LogP contribution in [0, 0.1) is 5.92 Å². The number of unbranched alkanes of at least 4 members (excludes halogenated alkanes) is 2. The number of hydrogen-bond acceptors (Lipinski definition) is 2. The fraction of sp³-hybridized carbons (Fsp3) is 0.833. The zero-order valence-electron chi connectivity index (χ0n) is 10.5. The third kappa shape index (κ3) is 2.97. The first-order valence-electron chi connectivity index (χ1n) is 6.15. The third-order valence-electron chi connectivity index (χ3n) is 2.97. The predicted octanol–water partition coefficient (Wildman–Crippen LogP) is 1.16. The Morgan fingerprint density at radius 1 is 1.38 bits per heavy atom. The molecule has 0 aromatic heterocycles. The van der Waals surface area contributed by atoms with Crippen LogP contribution >= 0.6 is 0 Å². The van der Waals surface area contributed by atoms with Gasteiger partial charge in [-0.15, -0.1) is 0 Å². The van der Waals surface area contributed by atoms with Gasteiger partial charge in [0.1, 0.15) is 6.04 Å².